The summed E-state index contributed by atoms with van der Waals surface area (Å²) in [6.45, 7) is 2.14. The zero-order chi connectivity index (χ0) is 13.5. The number of halogens is 1. The highest BCUT2D eigenvalue weighted by Gasteiger charge is 2.40. The molecule has 6 heteroatoms. The molecule has 2 fully saturated rings. The molecule has 0 radical (unpaired) electrons. The van der Waals surface area contributed by atoms with Crippen LogP contribution in [0.3, 0.4) is 0 Å². The Morgan fingerprint density at radius 3 is 2.79 bits per heavy atom. The van der Waals surface area contributed by atoms with E-state index in [2.05, 4.69) is 5.32 Å². The average Bonchev–Trinajstić information content (AvgIpc) is 2.83. The summed E-state index contributed by atoms with van der Waals surface area (Å²) in [6.07, 6.45) is 2.23. The number of benzene rings is 1. The summed E-state index contributed by atoms with van der Waals surface area (Å²) in [5, 5.41) is 3.71. The maximum Gasteiger partial charge on any atom is 0.244 e. The maximum atomic E-state index is 12.6. The molecule has 2 unspecified atom stereocenters. The molecule has 0 aliphatic carbocycles. The zero-order valence-electron chi connectivity index (χ0n) is 10.5. The maximum absolute atomic E-state index is 12.6. The van der Waals surface area contributed by atoms with Gasteiger partial charge in [0.1, 0.15) is 4.90 Å². The highest BCUT2D eigenvalue weighted by molar-refractivity contribution is 7.89. The number of fused-ring (bicyclic) bond motifs is 1. The third kappa shape index (κ3) is 2.40. The van der Waals surface area contributed by atoms with Gasteiger partial charge in [0.25, 0.3) is 0 Å². The van der Waals surface area contributed by atoms with Crippen molar-refractivity contribution in [3.63, 3.8) is 0 Å². The Balaban J connectivity index is 1.88. The average molecular weight is 301 g/mol. The first kappa shape index (κ1) is 13.4. The second-order valence-corrected chi connectivity index (χ2v) is 7.53. The van der Waals surface area contributed by atoms with Crippen molar-refractivity contribution >= 4 is 21.6 Å². The fourth-order valence-electron chi connectivity index (χ4n) is 3.00. The van der Waals surface area contributed by atoms with E-state index >= 15 is 0 Å². The quantitative estimate of drug-likeness (QED) is 0.904. The van der Waals surface area contributed by atoms with Gasteiger partial charge in [-0.05, 0) is 37.4 Å². The Bertz CT molecular complexity index is 562. The molecule has 0 saturated carbocycles. The van der Waals surface area contributed by atoms with Crippen molar-refractivity contribution in [2.75, 3.05) is 19.6 Å². The Kier molecular flexibility index (Phi) is 3.55. The molecule has 2 aliphatic rings. The second kappa shape index (κ2) is 5.05. The molecule has 1 aromatic carbocycles. The van der Waals surface area contributed by atoms with Gasteiger partial charge in [0.2, 0.25) is 10.0 Å². The zero-order valence-corrected chi connectivity index (χ0v) is 12.1. The number of piperidine rings is 1. The van der Waals surface area contributed by atoms with Crippen molar-refractivity contribution in [1.82, 2.24) is 9.62 Å². The Hall–Kier alpha value is -0.620. The molecule has 104 valence electrons. The molecule has 0 aromatic heterocycles. The standard InChI is InChI=1S/C13H17ClN2O2S/c14-11-5-1-2-6-13(11)19(17,18)16-8-10-4-3-7-15-12(10)9-16/h1-2,5-6,10,12,15H,3-4,7-9H2. The van der Waals surface area contributed by atoms with Crippen LogP contribution in [0.1, 0.15) is 12.8 Å². The molecule has 1 N–H and O–H groups in total. The van der Waals surface area contributed by atoms with E-state index < -0.39 is 10.0 Å². The molecule has 1 aromatic rings. The third-order valence-electron chi connectivity index (χ3n) is 4.02. The molecule has 2 atom stereocenters. The van der Waals surface area contributed by atoms with Gasteiger partial charge in [0, 0.05) is 19.1 Å². The summed E-state index contributed by atoms with van der Waals surface area (Å²) in [4.78, 5) is 0.218. The van der Waals surface area contributed by atoms with E-state index in [1.807, 2.05) is 0 Å². The van der Waals surface area contributed by atoms with Crippen LogP contribution in [0.15, 0.2) is 29.2 Å². The summed E-state index contributed by atoms with van der Waals surface area (Å²) in [6, 6.07) is 6.95. The lowest BCUT2D eigenvalue weighted by Gasteiger charge is -2.24. The van der Waals surface area contributed by atoms with Crippen LogP contribution >= 0.6 is 11.6 Å². The number of nitrogens with one attached hydrogen (secondary N) is 1. The molecule has 2 heterocycles. The fraction of sp³-hybridized carbons (Fsp3) is 0.538. The molecule has 0 spiro atoms. The lowest BCUT2D eigenvalue weighted by molar-refractivity contribution is 0.339. The number of hydrogen-bond donors (Lipinski definition) is 1. The Morgan fingerprint density at radius 1 is 1.26 bits per heavy atom. The molecule has 19 heavy (non-hydrogen) atoms. The fourth-order valence-corrected chi connectivity index (χ4v) is 5.01. The van der Waals surface area contributed by atoms with Gasteiger partial charge in [-0.3, -0.25) is 0 Å². The van der Waals surface area contributed by atoms with Crippen molar-refractivity contribution in [2.24, 2.45) is 5.92 Å². The smallest absolute Gasteiger partial charge is 0.244 e. The van der Waals surface area contributed by atoms with Gasteiger partial charge in [-0.15, -0.1) is 0 Å². The van der Waals surface area contributed by atoms with Gasteiger partial charge < -0.3 is 5.32 Å². The van der Waals surface area contributed by atoms with Gasteiger partial charge in [0.05, 0.1) is 5.02 Å². The molecule has 0 bridgehead atoms. The number of rotatable bonds is 2. The molecule has 4 nitrogen and oxygen atoms in total. The Morgan fingerprint density at radius 2 is 2.05 bits per heavy atom. The molecular weight excluding hydrogens is 284 g/mol. The van der Waals surface area contributed by atoms with Gasteiger partial charge in [-0.2, -0.15) is 4.31 Å². The minimum Gasteiger partial charge on any atom is -0.312 e. The van der Waals surface area contributed by atoms with E-state index in [0.29, 0.717) is 30.1 Å². The first-order valence-corrected chi connectivity index (χ1v) is 8.39. The van der Waals surface area contributed by atoms with Gasteiger partial charge in [-0.1, -0.05) is 23.7 Å². The lowest BCUT2D eigenvalue weighted by Crippen LogP contribution is -2.41. The highest BCUT2D eigenvalue weighted by atomic mass is 35.5. The summed E-state index contributed by atoms with van der Waals surface area (Å²) in [5.41, 5.74) is 0. The molecule has 3 rings (SSSR count). The van der Waals surface area contributed by atoms with E-state index in [-0.39, 0.29) is 4.90 Å². The summed E-state index contributed by atoms with van der Waals surface area (Å²) >= 11 is 6.02. The van der Waals surface area contributed by atoms with Crippen LogP contribution < -0.4 is 5.32 Å². The summed E-state index contributed by atoms with van der Waals surface area (Å²) in [7, 11) is -3.47. The molecule has 2 aliphatic heterocycles. The van der Waals surface area contributed by atoms with Gasteiger partial charge in [-0.25, -0.2) is 8.42 Å². The van der Waals surface area contributed by atoms with E-state index in [1.165, 1.54) is 0 Å². The summed E-state index contributed by atoms with van der Waals surface area (Å²) < 4.78 is 26.8. The van der Waals surface area contributed by atoms with E-state index in [4.69, 9.17) is 11.6 Å². The van der Waals surface area contributed by atoms with Crippen LogP contribution in [0.5, 0.6) is 0 Å². The van der Waals surface area contributed by atoms with E-state index in [1.54, 1.807) is 28.6 Å². The Labute approximate surface area is 118 Å². The molecular formula is C13H17ClN2O2S. The van der Waals surface area contributed by atoms with Crippen LogP contribution in [0.25, 0.3) is 0 Å². The van der Waals surface area contributed by atoms with Crippen LogP contribution in [-0.4, -0.2) is 38.4 Å². The van der Waals surface area contributed by atoms with Crippen LogP contribution in [0.2, 0.25) is 5.02 Å². The van der Waals surface area contributed by atoms with Gasteiger partial charge in [0.15, 0.2) is 0 Å². The largest absolute Gasteiger partial charge is 0.312 e. The number of hydrogen-bond acceptors (Lipinski definition) is 3. The minimum absolute atomic E-state index is 0.218. The highest BCUT2D eigenvalue weighted by Crippen LogP contribution is 2.31. The summed E-state index contributed by atoms with van der Waals surface area (Å²) in [5.74, 6) is 0.436. The topological polar surface area (TPSA) is 49.4 Å². The first-order chi connectivity index (χ1) is 9.09. The first-order valence-electron chi connectivity index (χ1n) is 6.57. The lowest BCUT2D eigenvalue weighted by atomic mass is 9.94. The normalized spacial score (nSPS) is 28.3. The van der Waals surface area contributed by atoms with Crippen molar-refractivity contribution in [2.45, 2.75) is 23.8 Å². The van der Waals surface area contributed by atoms with Crippen LogP contribution in [0, 0.1) is 5.92 Å². The number of sulfonamides is 1. The third-order valence-corrected chi connectivity index (χ3v) is 6.35. The molecule has 0 amide bonds. The van der Waals surface area contributed by atoms with Crippen molar-refractivity contribution in [1.29, 1.82) is 0 Å². The SMILES string of the molecule is O=S(=O)(c1ccccc1Cl)N1CC2CCCNC2C1. The van der Waals surface area contributed by atoms with Crippen molar-refractivity contribution < 1.29 is 8.42 Å². The predicted octanol–water partition coefficient (Wildman–Crippen LogP) is 1.71. The predicted molar refractivity (Wildman–Crippen MR) is 74.7 cm³/mol. The van der Waals surface area contributed by atoms with Gasteiger partial charge >= 0.3 is 0 Å². The second-order valence-electron chi connectivity index (χ2n) is 5.22. The van der Waals surface area contributed by atoms with Crippen molar-refractivity contribution in [3.05, 3.63) is 29.3 Å². The molecule has 2 saturated heterocycles. The van der Waals surface area contributed by atoms with Crippen molar-refractivity contribution in [3.8, 4) is 0 Å². The van der Waals surface area contributed by atoms with Crippen LogP contribution in [-0.2, 0) is 10.0 Å². The number of nitrogens with zero attached hydrogens (tertiary/aromatic N) is 1. The van der Waals surface area contributed by atoms with Crippen LogP contribution in [0.4, 0.5) is 0 Å². The monoisotopic (exact) mass is 300 g/mol. The van der Waals surface area contributed by atoms with E-state index in [9.17, 15) is 8.42 Å². The van der Waals surface area contributed by atoms with E-state index in [0.717, 1.165) is 19.4 Å². The minimum atomic E-state index is -3.47.